The predicted molar refractivity (Wildman–Crippen MR) is 68.8 cm³/mol. The van der Waals surface area contributed by atoms with Crippen LogP contribution < -0.4 is 5.32 Å². The average molecular weight is 249 g/mol. The van der Waals surface area contributed by atoms with Crippen molar-refractivity contribution in [3.63, 3.8) is 0 Å². The average Bonchev–Trinajstić information content (AvgIpc) is 2.97. The fourth-order valence-electron chi connectivity index (χ4n) is 2.06. The van der Waals surface area contributed by atoms with Gasteiger partial charge in [-0.1, -0.05) is 0 Å². The number of nitrogens with one attached hydrogen (secondary N) is 1. The van der Waals surface area contributed by atoms with Gasteiger partial charge in [-0.05, 0) is 25.8 Å². The number of rotatable bonds is 4. The summed E-state index contributed by atoms with van der Waals surface area (Å²) in [6.07, 6.45) is 9.11. The van der Waals surface area contributed by atoms with Gasteiger partial charge in [-0.25, -0.2) is 0 Å². The van der Waals surface area contributed by atoms with Crippen LogP contribution in [0.3, 0.4) is 0 Å². The number of ether oxygens (including phenoxy) is 1. The molecule has 0 saturated carbocycles. The number of aromatic nitrogens is 2. The number of amides is 1. The van der Waals surface area contributed by atoms with Crippen LogP contribution >= 0.6 is 0 Å². The van der Waals surface area contributed by atoms with E-state index in [4.69, 9.17) is 4.74 Å². The van der Waals surface area contributed by atoms with Crippen molar-refractivity contribution in [2.24, 2.45) is 7.05 Å². The van der Waals surface area contributed by atoms with Crippen molar-refractivity contribution in [3.05, 3.63) is 24.0 Å². The summed E-state index contributed by atoms with van der Waals surface area (Å²) in [6, 6.07) is 0.0542. The van der Waals surface area contributed by atoms with Gasteiger partial charge >= 0.3 is 0 Å². The van der Waals surface area contributed by atoms with Gasteiger partial charge in [0.15, 0.2) is 0 Å². The third-order valence-corrected chi connectivity index (χ3v) is 3.04. The van der Waals surface area contributed by atoms with E-state index in [-0.39, 0.29) is 18.1 Å². The molecular formula is C13H19N3O2. The van der Waals surface area contributed by atoms with E-state index in [1.807, 2.05) is 20.2 Å². The lowest BCUT2D eigenvalue weighted by molar-refractivity contribution is -0.117. The summed E-state index contributed by atoms with van der Waals surface area (Å²) in [5.74, 6) is -0.0955. The summed E-state index contributed by atoms with van der Waals surface area (Å²) in [5.41, 5.74) is 0.914. The monoisotopic (exact) mass is 249 g/mol. The quantitative estimate of drug-likeness (QED) is 0.813. The Bertz CT molecular complexity index is 433. The lowest BCUT2D eigenvalue weighted by atomic mass is 10.1. The van der Waals surface area contributed by atoms with Gasteiger partial charge in [0, 0.05) is 31.5 Å². The molecule has 1 aliphatic rings. The molecule has 2 heterocycles. The molecule has 98 valence electrons. The first-order valence-electron chi connectivity index (χ1n) is 6.24. The summed E-state index contributed by atoms with van der Waals surface area (Å²) in [6.45, 7) is 2.78. The van der Waals surface area contributed by atoms with Crippen LogP contribution in [-0.4, -0.2) is 34.4 Å². The summed E-state index contributed by atoms with van der Waals surface area (Å²) in [4.78, 5) is 11.7. The van der Waals surface area contributed by atoms with Crippen LogP contribution in [0.25, 0.3) is 6.08 Å². The summed E-state index contributed by atoms with van der Waals surface area (Å²) < 4.78 is 7.23. The molecular weight excluding hydrogens is 230 g/mol. The first-order valence-corrected chi connectivity index (χ1v) is 6.24. The summed E-state index contributed by atoms with van der Waals surface area (Å²) in [7, 11) is 1.84. The third-order valence-electron chi connectivity index (χ3n) is 3.04. The van der Waals surface area contributed by atoms with Gasteiger partial charge in [0.2, 0.25) is 5.91 Å². The highest BCUT2D eigenvalue weighted by atomic mass is 16.5. The molecule has 1 saturated heterocycles. The standard InChI is InChI=1S/C13H19N3O2/c1-10(12-4-3-7-18-12)15-13(17)6-5-11-8-14-16(2)9-11/h5-6,8-10,12H,3-4,7H2,1-2H3,(H,15,17)/b6-5+. The van der Waals surface area contributed by atoms with E-state index in [9.17, 15) is 4.79 Å². The maximum Gasteiger partial charge on any atom is 0.244 e. The molecule has 5 nitrogen and oxygen atoms in total. The van der Waals surface area contributed by atoms with Crippen LogP contribution in [-0.2, 0) is 16.6 Å². The molecule has 0 spiro atoms. The molecule has 1 aromatic heterocycles. The zero-order valence-corrected chi connectivity index (χ0v) is 10.8. The molecule has 1 amide bonds. The highest BCUT2D eigenvalue weighted by Crippen LogP contribution is 2.15. The van der Waals surface area contributed by atoms with Gasteiger partial charge in [-0.3, -0.25) is 9.48 Å². The van der Waals surface area contributed by atoms with E-state index in [0.29, 0.717) is 0 Å². The Kier molecular flexibility index (Phi) is 4.15. The van der Waals surface area contributed by atoms with Gasteiger partial charge in [0.05, 0.1) is 18.3 Å². The van der Waals surface area contributed by atoms with E-state index in [1.54, 1.807) is 17.0 Å². The van der Waals surface area contributed by atoms with Gasteiger partial charge < -0.3 is 10.1 Å². The maximum atomic E-state index is 11.7. The van der Waals surface area contributed by atoms with Crippen LogP contribution in [0.5, 0.6) is 0 Å². The second-order valence-corrected chi connectivity index (χ2v) is 4.63. The molecule has 1 fully saturated rings. The van der Waals surface area contributed by atoms with Gasteiger partial charge in [0.25, 0.3) is 0 Å². The molecule has 1 aliphatic heterocycles. The number of nitrogens with zero attached hydrogens (tertiary/aromatic N) is 2. The highest BCUT2D eigenvalue weighted by Gasteiger charge is 2.22. The minimum absolute atomic E-state index is 0.0542. The molecule has 1 aromatic rings. The van der Waals surface area contributed by atoms with Crippen molar-refractivity contribution >= 4 is 12.0 Å². The van der Waals surface area contributed by atoms with Crippen molar-refractivity contribution < 1.29 is 9.53 Å². The van der Waals surface area contributed by atoms with Crippen LogP contribution in [0, 0.1) is 0 Å². The Morgan fingerprint density at radius 2 is 2.56 bits per heavy atom. The van der Waals surface area contributed by atoms with Crippen LogP contribution in [0.4, 0.5) is 0 Å². The maximum absolute atomic E-state index is 11.7. The Labute approximate surface area is 107 Å². The Balaban J connectivity index is 1.82. The first kappa shape index (κ1) is 12.8. The van der Waals surface area contributed by atoms with Crippen molar-refractivity contribution in [2.75, 3.05) is 6.61 Å². The van der Waals surface area contributed by atoms with Gasteiger partial charge in [0.1, 0.15) is 0 Å². The molecule has 0 aromatic carbocycles. The van der Waals surface area contributed by atoms with Gasteiger partial charge in [-0.2, -0.15) is 5.10 Å². The molecule has 2 atom stereocenters. The second kappa shape index (κ2) is 5.82. The molecule has 0 bridgehead atoms. The number of carbonyl (C=O) groups is 1. The van der Waals surface area contributed by atoms with E-state index in [0.717, 1.165) is 25.0 Å². The second-order valence-electron chi connectivity index (χ2n) is 4.63. The molecule has 18 heavy (non-hydrogen) atoms. The molecule has 2 rings (SSSR count). The Morgan fingerprint density at radius 1 is 1.72 bits per heavy atom. The largest absolute Gasteiger partial charge is 0.376 e. The number of aryl methyl sites for hydroxylation is 1. The smallest absolute Gasteiger partial charge is 0.244 e. The summed E-state index contributed by atoms with van der Waals surface area (Å²) in [5, 5.41) is 6.95. The first-order chi connectivity index (χ1) is 8.65. The number of hydrogen-bond acceptors (Lipinski definition) is 3. The molecule has 1 N–H and O–H groups in total. The number of hydrogen-bond donors (Lipinski definition) is 1. The normalized spacial score (nSPS) is 21.3. The topological polar surface area (TPSA) is 56.2 Å². The Morgan fingerprint density at radius 3 is 3.17 bits per heavy atom. The van der Waals surface area contributed by atoms with Crippen molar-refractivity contribution in [1.82, 2.24) is 15.1 Å². The van der Waals surface area contributed by atoms with E-state index >= 15 is 0 Å². The lowest BCUT2D eigenvalue weighted by Crippen LogP contribution is -2.39. The minimum Gasteiger partial charge on any atom is -0.376 e. The van der Waals surface area contributed by atoms with Gasteiger partial charge in [-0.15, -0.1) is 0 Å². The SMILES string of the molecule is CC(NC(=O)/C=C/c1cnn(C)c1)C1CCCO1. The summed E-state index contributed by atoms with van der Waals surface area (Å²) >= 11 is 0. The highest BCUT2D eigenvalue weighted by molar-refractivity contribution is 5.91. The molecule has 5 heteroatoms. The number of carbonyl (C=O) groups excluding carboxylic acids is 1. The molecule has 2 unspecified atom stereocenters. The predicted octanol–water partition coefficient (Wildman–Crippen LogP) is 1.12. The van der Waals surface area contributed by atoms with Crippen LogP contribution in [0.1, 0.15) is 25.3 Å². The molecule has 0 radical (unpaired) electrons. The van der Waals surface area contributed by atoms with Crippen molar-refractivity contribution in [2.45, 2.75) is 31.9 Å². The zero-order valence-electron chi connectivity index (χ0n) is 10.8. The fraction of sp³-hybridized carbons (Fsp3) is 0.538. The molecule has 0 aliphatic carbocycles. The van der Waals surface area contributed by atoms with E-state index in [2.05, 4.69) is 10.4 Å². The van der Waals surface area contributed by atoms with E-state index < -0.39 is 0 Å². The van der Waals surface area contributed by atoms with E-state index in [1.165, 1.54) is 6.08 Å². The fourth-order valence-corrected chi connectivity index (χ4v) is 2.06. The van der Waals surface area contributed by atoms with Crippen LogP contribution in [0.2, 0.25) is 0 Å². The third kappa shape index (κ3) is 3.43. The minimum atomic E-state index is -0.0955. The van der Waals surface area contributed by atoms with Crippen LogP contribution in [0.15, 0.2) is 18.5 Å². The van der Waals surface area contributed by atoms with Crippen molar-refractivity contribution in [1.29, 1.82) is 0 Å². The lowest BCUT2D eigenvalue weighted by Gasteiger charge is -2.18. The zero-order chi connectivity index (χ0) is 13.0. The van der Waals surface area contributed by atoms with Crippen molar-refractivity contribution in [3.8, 4) is 0 Å². The Hall–Kier alpha value is -1.62.